The van der Waals surface area contributed by atoms with E-state index >= 15 is 0 Å². The lowest BCUT2D eigenvalue weighted by atomic mass is 10.1. The molecule has 0 amide bonds. The Morgan fingerprint density at radius 2 is 2.00 bits per heavy atom. The van der Waals surface area contributed by atoms with Gasteiger partial charge in [0.1, 0.15) is 5.75 Å². The molecule has 2 nitrogen and oxygen atoms in total. The Labute approximate surface area is 123 Å². The van der Waals surface area contributed by atoms with Crippen LogP contribution in [0.15, 0.2) is 35.7 Å². The summed E-state index contributed by atoms with van der Waals surface area (Å²) in [4.78, 5) is 1.00. The molecule has 1 unspecified atom stereocenters. The van der Waals surface area contributed by atoms with Crippen molar-refractivity contribution in [1.29, 1.82) is 0 Å². The molecule has 0 saturated heterocycles. The SMILES string of the molecule is CCCCOc1ccc(C(N)c2sccc2Cl)cc1. The third-order valence-corrected chi connectivity index (χ3v) is 4.37. The second kappa shape index (κ2) is 6.94. The predicted molar refractivity (Wildman–Crippen MR) is 82.2 cm³/mol. The molecule has 0 saturated carbocycles. The number of thiophene rings is 1. The first-order chi connectivity index (χ1) is 9.22. The highest BCUT2D eigenvalue weighted by atomic mass is 35.5. The van der Waals surface area contributed by atoms with Crippen molar-refractivity contribution in [3.8, 4) is 5.75 Å². The largest absolute Gasteiger partial charge is 0.494 e. The highest BCUT2D eigenvalue weighted by molar-refractivity contribution is 7.10. The van der Waals surface area contributed by atoms with Crippen molar-refractivity contribution in [2.45, 2.75) is 25.8 Å². The summed E-state index contributed by atoms with van der Waals surface area (Å²) in [6.07, 6.45) is 2.21. The van der Waals surface area contributed by atoms with Gasteiger partial charge in [-0.2, -0.15) is 0 Å². The molecule has 2 rings (SSSR count). The van der Waals surface area contributed by atoms with Gasteiger partial charge in [0.2, 0.25) is 0 Å². The molecule has 0 aliphatic rings. The van der Waals surface area contributed by atoms with Gasteiger partial charge in [0.05, 0.1) is 17.7 Å². The summed E-state index contributed by atoms with van der Waals surface area (Å²) < 4.78 is 5.63. The van der Waals surface area contributed by atoms with E-state index in [9.17, 15) is 0 Å². The van der Waals surface area contributed by atoms with Crippen molar-refractivity contribution in [3.05, 3.63) is 51.2 Å². The zero-order valence-electron chi connectivity index (χ0n) is 10.9. The van der Waals surface area contributed by atoms with Crippen LogP contribution in [0.5, 0.6) is 5.75 Å². The van der Waals surface area contributed by atoms with Crippen LogP contribution in [0.2, 0.25) is 5.02 Å². The van der Waals surface area contributed by atoms with E-state index in [1.807, 2.05) is 35.7 Å². The third kappa shape index (κ3) is 3.72. The second-order valence-electron chi connectivity index (χ2n) is 4.38. The summed E-state index contributed by atoms with van der Waals surface area (Å²) in [7, 11) is 0. The van der Waals surface area contributed by atoms with Gasteiger partial charge < -0.3 is 10.5 Å². The minimum atomic E-state index is -0.169. The van der Waals surface area contributed by atoms with Crippen molar-refractivity contribution in [3.63, 3.8) is 0 Å². The molecule has 0 fully saturated rings. The number of benzene rings is 1. The molecule has 2 aromatic rings. The molecule has 0 bridgehead atoms. The zero-order valence-corrected chi connectivity index (χ0v) is 12.5. The molecular weight excluding hydrogens is 278 g/mol. The quantitative estimate of drug-likeness (QED) is 0.789. The first-order valence-electron chi connectivity index (χ1n) is 6.43. The maximum Gasteiger partial charge on any atom is 0.119 e. The Morgan fingerprint density at radius 3 is 2.58 bits per heavy atom. The normalized spacial score (nSPS) is 12.4. The van der Waals surface area contributed by atoms with Crippen molar-refractivity contribution < 1.29 is 4.74 Å². The summed E-state index contributed by atoms with van der Waals surface area (Å²) >= 11 is 7.69. The summed E-state index contributed by atoms with van der Waals surface area (Å²) in [5.41, 5.74) is 7.27. The maximum atomic E-state index is 6.22. The first kappa shape index (κ1) is 14.4. The lowest BCUT2D eigenvalue weighted by Crippen LogP contribution is -2.10. The Balaban J connectivity index is 2.04. The van der Waals surface area contributed by atoms with Crippen LogP contribution in [-0.2, 0) is 0 Å². The third-order valence-electron chi connectivity index (χ3n) is 2.93. The lowest BCUT2D eigenvalue weighted by Gasteiger charge is -2.12. The van der Waals surface area contributed by atoms with Crippen LogP contribution in [0.4, 0.5) is 0 Å². The van der Waals surface area contributed by atoms with Gasteiger partial charge in [0, 0.05) is 4.88 Å². The fraction of sp³-hybridized carbons (Fsp3) is 0.333. The molecule has 2 N–H and O–H groups in total. The van der Waals surface area contributed by atoms with Crippen LogP contribution >= 0.6 is 22.9 Å². The first-order valence-corrected chi connectivity index (χ1v) is 7.69. The molecule has 0 aliphatic heterocycles. The molecular formula is C15H18ClNOS. The summed E-state index contributed by atoms with van der Waals surface area (Å²) in [5.74, 6) is 0.890. The van der Waals surface area contributed by atoms with Gasteiger partial charge in [0.15, 0.2) is 0 Å². The molecule has 1 aromatic heterocycles. The van der Waals surface area contributed by atoms with Crippen LogP contribution in [0.3, 0.4) is 0 Å². The van der Waals surface area contributed by atoms with Crippen LogP contribution in [0.1, 0.15) is 36.2 Å². The molecule has 0 spiro atoms. The van der Waals surface area contributed by atoms with E-state index in [1.165, 1.54) is 0 Å². The van der Waals surface area contributed by atoms with E-state index in [1.54, 1.807) is 11.3 Å². The summed E-state index contributed by atoms with van der Waals surface area (Å²) in [6, 6.07) is 9.64. The van der Waals surface area contributed by atoms with Gasteiger partial charge in [-0.1, -0.05) is 37.1 Å². The van der Waals surface area contributed by atoms with Gasteiger partial charge in [-0.05, 0) is 35.6 Å². The van der Waals surface area contributed by atoms with E-state index in [4.69, 9.17) is 22.1 Å². The second-order valence-corrected chi connectivity index (χ2v) is 5.74. The zero-order chi connectivity index (χ0) is 13.7. The van der Waals surface area contributed by atoms with Crippen molar-refractivity contribution in [2.75, 3.05) is 6.61 Å². The molecule has 1 aromatic carbocycles. The van der Waals surface area contributed by atoms with Gasteiger partial charge in [-0.25, -0.2) is 0 Å². The van der Waals surface area contributed by atoms with Crippen LogP contribution < -0.4 is 10.5 Å². The number of unbranched alkanes of at least 4 members (excludes halogenated alkanes) is 1. The molecule has 0 radical (unpaired) electrons. The molecule has 1 atom stereocenters. The summed E-state index contributed by atoms with van der Waals surface area (Å²) in [6.45, 7) is 2.91. The number of rotatable bonds is 6. The van der Waals surface area contributed by atoms with E-state index in [2.05, 4.69) is 6.92 Å². The van der Waals surface area contributed by atoms with Crippen LogP contribution in [0, 0.1) is 0 Å². The lowest BCUT2D eigenvalue weighted by molar-refractivity contribution is 0.309. The number of nitrogens with two attached hydrogens (primary N) is 1. The van der Waals surface area contributed by atoms with Crippen molar-refractivity contribution >= 4 is 22.9 Å². The highest BCUT2D eigenvalue weighted by Crippen LogP contribution is 2.31. The van der Waals surface area contributed by atoms with Gasteiger partial charge >= 0.3 is 0 Å². The smallest absolute Gasteiger partial charge is 0.119 e. The average molecular weight is 296 g/mol. The topological polar surface area (TPSA) is 35.2 Å². The Kier molecular flexibility index (Phi) is 5.25. The molecule has 19 heavy (non-hydrogen) atoms. The Bertz CT molecular complexity index is 509. The van der Waals surface area contributed by atoms with Crippen molar-refractivity contribution in [1.82, 2.24) is 0 Å². The number of hydrogen-bond donors (Lipinski definition) is 1. The molecule has 4 heteroatoms. The van der Waals surface area contributed by atoms with Crippen molar-refractivity contribution in [2.24, 2.45) is 5.73 Å². The number of hydrogen-bond acceptors (Lipinski definition) is 3. The van der Waals surface area contributed by atoms with E-state index in [0.717, 1.165) is 40.7 Å². The summed E-state index contributed by atoms with van der Waals surface area (Å²) in [5, 5.41) is 2.69. The van der Waals surface area contributed by atoms with Crippen LogP contribution in [-0.4, -0.2) is 6.61 Å². The fourth-order valence-electron chi connectivity index (χ4n) is 1.78. The maximum absolute atomic E-state index is 6.22. The highest BCUT2D eigenvalue weighted by Gasteiger charge is 2.13. The molecule has 1 heterocycles. The van der Waals surface area contributed by atoms with E-state index in [-0.39, 0.29) is 6.04 Å². The average Bonchev–Trinajstić information content (AvgIpc) is 2.85. The fourth-order valence-corrected chi connectivity index (χ4v) is 2.99. The molecule has 0 aliphatic carbocycles. The number of halogens is 1. The van der Waals surface area contributed by atoms with E-state index in [0.29, 0.717) is 0 Å². The Hall–Kier alpha value is -1.03. The predicted octanol–water partition coefficient (Wildman–Crippen LogP) is 4.63. The number of ether oxygens (including phenoxy) is 1. The van der Waals surface area contributed by atoms with Gasteiger partial charge in [0.25, 0.3) is 0 Å². The standard InChI is InChI=1S/C15H18ClNOS/c1-2-3-9-18-12-6-4-11(5-7-12)14(17)15-13(16)8-10-19-15/h4-8,10,14H,2-3,9,17H2,1H3. The van der Waals surface area contributed by atoms with E-state index < -0.39 is 0 Å². The minimum absolute atomic E-state index is 0.169. The van der Waals surface area contributed by atoms with Crippen LogP contribution in [0.25, 0.3) is 0 Å². The van der Waals surface area contributed by atoms with Gasteiger partial charge in [-0.15, -0.1) is 11.3 Å². The minimum Gasteiger partial charge on any atom is -0.494 e. The molecule has 102 valence electrons. The van der Waals surface area contributed by atoms with Gasteiger partial charge in [-0.3, -0.25) is 0 Å². The monoisotopic (exact) mass is 295 g/mol. The Morgan fingerprint density at radius 1 is 1.26 bits per heavy atom.